The van der Waals surface area contributed by atoms with E-state index in [2.05, 4.69) is 4.98 Å². The van der Waals surface area contributed by atoms with E-state index < -0.39 is 10.5 Å². The number of benzene rings is 1. The van der Waals surface area contributed by atoms with Crippen molar-refractivity contribution in [2.45, 2.75) is 44.8 Å². The Hall–Kier alpha value is -2.41. The first kappa shape index (κ1) is 16.4. The number of nitrogens with one attached hydrogen (secondary N) is 1. The zero-order chi connectivity index (χ0) is 17.5. The largest absolute Gasteiger partial charge is 0.388 e. The number of aromatic amines is 1. The van der Waals surface area contributed by atoms with Gasteiger partial charge in [0, 0.05) is 35.8 Å². The first-order valence-corrected chi connectivity index (χ1v) is 8.03. The second kappa shape index (κ2) is 5.90. The van der Waals surface area contributed by atoms with E-state index in [1.807, 2.05) is 0 Å². The molecular formula is C17H21N3O4. The van der Waals surface area contributed by atoms with Gasteiger partial charge in [0.05, 0.1) is 23.0 Å². The zero-order valence-electron chi connectivity index (χ0n) is 13.8. The van der Waals surface area contributed by atoms with Crippen LogP contribution < -0.4 is 0 Å². The van der Waals surface area contributed by atoms with E-state index in [0.29, 0.717) is 11.9 Å². The van der Waals surface area contributed by atoms with E-state index in [-0.39, 0.29) is 24.1 Å². The number of nitro benzene ring substituents is 1. The lowest BCUT2D eigenvalue weighted by Gasteiger charge is -2.33. The minimum Gasteiger partial charge on any atom is -0.388 e. The van der Waals surface area contributed by atoms with Crippen LogP contribution in [0.15, 0.2) is 24.4 Å². The smallest absolute Gasteiger partial charge is 0.270 e. The number of rotatable bonds is 4. The van der Waals surface area contributed by atoms with Gasteiger partial charge in [0.2, 0.25) is 5.91 Å². The molecule has 0 aliphatic carbocycles. The Morgan fingerprint density at radius 1 is 1.50 bits per heavy atom. The fraction of sp³-hybridized carbons (Fsp3) is 0.471. The molecule has 7 nitrogen and oxygen atoms in total. The Morgan fingerprint density at radius 3 is 2.92 bits per heavy atom. The Balaban J connectivity index is 1.85. The topological polar surface area (TPSA) is 99.5 Å². The number of nitrogens with zero attached hydrogens (tertiary/aromatic N) is 2. The molecule has 2 N–H and O–H groups in total. The molecule has 1 atom stereocenters. The van der Waals surface area contributed by atoms with Gasteiger partial charge in [-0.15, -0.1) is 0 Å². The third-order valence-corrected chi connectivity index (χ3v) is 4.69. The predicted octanol–water partition coefficient (Wildman–Crippen LogP) is 2.38. The standard InChI is InChI=1S/C17H21N3O4/c1-17(2,22)15-4-3-7-19(15)16(21)8-11-10-18-14-6-5-12(20(23)24)9-13(11)14/h5-6,9-10,15,18,22H,3-4,7-8H2,1-2H3. The third-order valence-electron chi connectivity index (χ3n) is 4.69. The highest BCUT2D eigenvalue weighted by Crippen LogP contribution is 2.29. The molecule has 1 aliphatic heterocycles. The highest BCUT2D eigenvalue weighted by molar-refractivity contribution is 5.90. The number of hydrogen-bond acceptors (Lipinski definition) is 4. The molecule has 1 aliphatic rings. The first-order valence-electron chi connectivity index (χ1n) is 8.03. The van der Waals surface area contributed by atoms with E-state index in [1.165, 1.54) is 12.1 Å². The summed E-state index contributed by atoms with van der Waals surface area (Å²) in [6.07, 6.45) is 3.55. The lowest BCUT2D eigenvalue weighted by Crippen LogP contribution is -2.48. The number of non-ortho nitro benzene ring substituents is 1. The molecule has 1 saturated heterocycles. The van der Waals surface area contributed by atoms with Gasteiger partial charge < -0.3 is 15.0 Å². The summed E-state index contributed by atoms with van der Waals surface area (Å²) >= 11 is 0. The summed E-state index contributed by atoms with van der Waals surface area (Å²) in [4.78, 5) is 28.0. The highest BCUT2D eigenvalue weighted by atomic mass is 16.6. The summed E-state index contributed by atoms with van der Waals surface area (Å²) in [6.45, 7) is 4.08. The van der Waals surface area contributed by atoms with Crippen molar-refractivity contribution in [3.63, 3.8) is 0 Å². The SMILES string of the molecule is CC(C)(O)C1CCCN1C(=O)Cc1c[nH]c2ccc([N+](=O)[O-])cc12. The van der Waals surface area contributed by atoms with E-state index >= 15 is 0 Å². The Labute approximate surface area is 139 Å². The maximum absolute atomic E-state index is 12.7. The molecule has 1 aromatic heterocycles. The molecular weight excluding hydrogens is 310 g/mol. The number of likely N-dealkylation sites (tertiary alicyclic amines) is 1. The van der Waals surface area contributed by atoms with Gasteiger partial charge in [-0.05, 0) is 38.3 Å². The lowest BCUT2D eigenvalue weighted by molar-refractivity contribution is -0.384. The minimum absolute atomic E-state index is 0.00587. The second-order valence-electron chi connectivity index (χ2n) is 6.88. The Kier molecular flexibility index (Phi) is 4.04. The summed E-state index contributed by atoms with van der Waals surface area (Å²) in [6, 6.07) is 4.39. The number of aliphatic hydroxyl groups is 1. The van der Waals surface area contributed by atoms with E-state index in [4.69, 9.17) is 0 Å². The molecule has 3 rings (SSSR count). The summed E-state index contributed by atoms with van der Waals surface area (Å²) in [5, 5.41) is 21.9. The van der Waals surface area contributed by atoms with Gasteiger partial charge in [0.25, 0.3) is 5.69 Å². The molecule has 24 heavy (non-hydrogen) atoms. The van der Waals surface area contributed by atoms with Crippen LogP contribution in [0.4, 0.5) is 5.69 Å². The normalized spacial score (nSPS) is 18.3. The number of carbonyl (C=O) groups is 1. The number of hydrogen-bond donors (Lipinski definition) is 2. The Bertz CT molecular complexity index is 791. The highest BCUT2D eigenvalue weighted by Gasteiger charge is 2.38. The number of aromatic nitrogens is 1. The first-order chi connectivity index (χ1) is 11.3. The molecule has 7 heteroatoms. The van der Waals surface area contributed by atoms with Crippen LogP contribution in [0.25, 0.3) is 10.9 Å². The summed E-state index contributed by atoms with van der Waals surface area (Å²) < 4.78 is 0. The molecule has 2 aromatic rings. The van der Waals surface area contributed by atoms with Crippen molar-refractivity contribution in [3.8, 4) is 0 Å². The average Bonchev–Trinajstić information content (AvgIpc) is 3.13. The monoisotopic (exact) mass is 331 g/mol. The van der Waals surface area contributed by atoms with E-state index in [9.17, 15) is 20.0 Å². The molecule has 128 valence electrons. The van der Waals surface area contributed by atoms with Crippen molar-refractivity contribution in [3.05, 3.63) is 40.1 Å². The fourth-order valence-electron chi connectivity index (χ4n) is 3.49. The molecule has 0 bridgehead atoms. The third kappa shape index (κ3) is 2.99. The van der Waals surface area contributed by atoms with Crippen LogP contribution in [0.1, 0.15) is 32.3 Å². The van der Waals surface area contributed by atoms with Gasteiger partial charge in [-0.25, -0.2) is 0 Å². The van der Waals surface area contributed by atoms with Crippen molar-refractivity contribution < 1.29 is 14.8 Å². The van der Waals surface area contributed by atoms with Crippen LogP contribution in [0, 0.1) is 10.1 Å². The van der Waals surface area contributed by atoms with E-state index in [1.54, 1.807) is 31.0 Å². The fourth-order valence-corrected chi connectivity index (χ4v) is 3.49. The molecule has 0 spiro atoms. The average molecular weight is 331 g/mol. The number of carbonyl (C=O) groups excluding carboxylic acids is 1. The summed E-state index contributed by atoms with van der Waals surface area (Å²) in [7, 11) is 0. The van der Waals surface area contributed by atoms with Crippen molar-refractivity contribution >= 4 is 22.5 Å². The zero-order valence-corrected chi connectivity index (χ0v) is 13.8. The molecule has 1 fully saturated rings. The Morgan fingerprint density at radius 2 is 2.25 bits per heavy atom. The number of amides is 1. The number of nitro groups is 1. The van der Waals surface area contributed by atoms with Crippen molar-refractivity contribution in [2.24, 2.45) is 0 Å². The summed E-state index contributed by atoms with van der Waals surface area (Å²) in [5.41, 5.74) is 0.570. The molecule has 1 amide bonds. The van der Waals surface area contributed by atoms with Crippen LogP contribution in [0.5, 0.6) is 0 Å². The van der Waals surface area contributed by atoms with Crippen LogP contribution in [-0.4, -0.2) is 44.0 Å². The van der Waals surface area contributed by atoms with Gasteiger partial charge in [0.1, 0.15) is 0 Å². The van der Waals surface area contributed by atoms with Crippen molar-refractivity contribution in [1.29, 1.82) is 0 Å². The van der Waals surface area contributed by atoms with Gasteiger partial charge in [-0.2, -0.15) is 0 Å². The van der Waals surface area contributed by atoms with Crippen LogP contribution in [0.2, 0.25) is 0 Å². The quantitative estimate of drug-likeness (QED) is 0.663. The van der Waals surface area contributed by atoms with Crippen molar-refractivity contribution in [1.82, 2.24) is 9.88 Å². The maximum atomic E-state index is 12.7. The van der Waals surface area contributed by atoms with Gasteiger partial charge in [-0.1, -0.05) is 0 Å². The lowest BCUT2D eigenvalue weighted by atomic mass is 9.96. The summed E-state index contributed by atoms with van der Waals surface area (Å²) in [5.74, 6) is -0.0629. The number of H-pyrrole nitrogens is 1. The van der Waals surface area contributed by atoms with Crippen molar-refractivity contribution in [2.75, 3.05) is 6.54 Å². The molecule has 1 aromatic carbocycles. The molecule has 0 radical (unpaired) electrons. The van der Waals surface area contributed by atoms with Crippen LogP contribution >= 0.6 is 0 Å². The molecule has 0 saturated carbocycles. The van der Waals surface area contributed by atoms with E-state index in [0.717, 1.165) is 23.9 Å². The second-order valence-corrected chi connectivity index (χ2v) is 6.88. The van der Waals surface area contributed by atoms with Gasteiger partial charge in [-0.3, -0.25) is 14.9 Å². The minimum atomic E-state index is -0.939. The predicted molar refractivity (Wildman–Crippen MR) is 89.7 cm³/mol. The van der Waals surface area contributed by atoms with Gasteiger partial charge in [0.15, 0.2) is 0 Å². The van der Waals surface area contributed by atoms with Crippen LogP contribution in [0.3, 0.4) is 0 Å². The number of fused-ring (bicyclic) bond motifs is 1. The molecule has 2 heterocycles. The molecule has 1 unspecified atom stereocenters. The van der Waals surface area contributed by atoms with Crippen LogP contribution in [-0.2, 0) is 11.2 Å². The maximum Gasteiger partial charge on any atom is 0.270 e. The van der Waals surface area contributed by atoms with Gasteiger partial charge >= 0.3 is 0 Å².